The summed E-state index contributed by atoms with van der Waals surface area (Å²) in [7, 11) is -4.94. The van der Waals surface area contributed by atoms with Gasteiger partial charge in [0.05, 0.1) is 0 Å². The fraction of sp³-hybridized carbons (Fsp3) is 0. The third-order valence-corrected chi connectivity index (χ3v) is 0. The minimum Gasteiger partial charge on any atom is -0.222 e. The molecule has 7 heavy (non-hydrogen) atoms. The third kappa shape index (κ3) is 54.5. The van der Waals surface area contributed by atoms with Gasteiger partial charge >= 0.3 is 77.6 Å². The molecule has 0 amide bonds. The van der Waals surface area contributed by atoms with Gasteiger partial charge in [-0.25, -0.2) is 18.6 Å². The Morgan fingerprint density at radius 3 is 0.857 bits per heavy atom. The summed E-state index contributed by atoms with van der Waals surface area (Å²) < 4.78 is 34.0. The summed E-state index contributed by atoms with van der Waals surface area (Å²) in [4.78, 5) is 0. The van der Waals surface area contributed by atoms with Gasteiger partial charge in [0.25, 0.3) is 0 Å². The first-order valence-electron chi connectivity index (χ1n) is 0.617. The summed E-state index contributed by atoms with van der Waals surface area (Å²) in [6.45, 7) is 0. The zero-order valence-corrected chi connectivity index (χ0v) is 9.85. The second kappa shape index (κ2) is 6.77. The predicted molar refractivity (Wildman–Crippen MR) is 0 cm³/mol. The summed E-state index contributed by atoms with van der Waals surface area (Å²) >= 11 is 0. The Bertz CT molecular complexity index is 27.2. The quantitative estimate of drug-likeness (QED) is 0.386. The smallest absolute Gasteiger partial charge is 0.222 e. The van der Waals surface area contributed by atoms with Crippen LogP contribution in [0.5, 0.6) is 0 Å². The molecule has 34 valence electrons. The Morgan fingerprint density at radius 1 is 0.857 bits per heavy atom. The molecule has 0 aromatic heterocycles. The van der Waals surface area contributed by atoms with Crippen molar-refractivity contribution in [3.63, 3.8) is 0 Å². The van der Waals surface area contributed by atoms with Gasteiger partial charge in [0.2, 0.25) is 0 Å². The first-order valence-corrected chi connectivity index (χ1v) is 1.85. The maximum atomic E-state index is 8.49. The molecule has 0 unspecified atom stereocenters. The fourth-order valence-corrected chi connectivity index (χ4v) is 0. The van der Waals surface area contributed by atoms with Crippen molar-refractivity contribution >= 4 is 0 Å². The molecule has 0 rings (SSSR count). The van der Waals surface area contributed by atoms with Crippen LogP contribution in [-0.4, -0.2) is 0 Å². The number of halogens is 1. The Morgan fingerprint density at radius 2 is 0.857 bits per heavy atom. The van der Waals surface area contributed by atoms with Gasteiger partial charge in [-0.3, -0.25) is 0 Å². The van der Waals surface area contributed by atoms with Crippen molar-refractivity contribution in [1.82, 2.24) is 0 Å². The second-order valence-corrected chi connectivity index (χ2v) is 1.13. The van der Waals surface area contributed by atoms with Crippen LogP contribution in [0.3, 0.4) is 0 Å². The summed E-state index contributed by atoms with van der Waals surface area (Å²) in [6, 6.07) is 0. The first-order chi connectivity index (χ1) is 2.00. The van der Waals surface area contributed by atoms with E-state index >= 15 is 0 Å². The molecule has 0 fully saturated rings. The molecule has 0 saturated heterocycles. The van der Waals surface area contributed by atoms with E-state index in [-0.39, 0.29) is 77.6 Å². The summed E-state index contributed by atoms with van der Waals surface area (Å²) in [5.74, 6) is 0. The Labute approximate surface area is 104 Å². The van der Waals surface area contributed by atoms with Crippen molar-refractivity contribution in [1.29, 1.82) is 0 Å². The molecule has 0 atom stereocenters. The van der Waals surface area contributed by atoms with Crippen LogP contribution in [-0.2, 0) is 26.2 Å². The summed E-state index contributed by atoms with van der Waals surface area (Å²) in [6.07, 6.45) is 0. The van der Waals surface area contributed by atoms with E-state index in [2.05, 4.69) is 0 Å². The van der Waals surface area contributed by atoms with Gasteiger partial charge in [0.1, 0.15) is 0 Å². The summed E-state index contributed by atoms with van der Waals surface area (Å²) in [5, 5.41) is 0. The second-order valence-electron chi connectivity index (χ2n) is 0.378. The van der Waals surface area contributed by atoms with Crippen LogP contribution >= 0.6 is 0 Å². The van der Waals surface area contributed by atoms with Crippen molar-refractivity contribution in [2.75, 3.05) is 0 Å². The van der Waals surface area contributed by atoms with Gasteiger partial charge in [0.15, 0.2) is 0 Å². The largest absolute Gasteiger partial charge is 2.00 e. The minimum absolute atomic E-state index is 0. The van der Waals surface area contributed by atoms with Crippen molar-refractivity contribution in [2.24, 2.45) is 0 Å². The predicted octanol–water partition coefficient (Wildman–Crippen LogP) is -7.75. The molecule has 0 aromatic carbocycles. The number of rotatable bonds is 0. The van der Waals surface area contributed by atoms with Crippen LogP contribution in [0.1, 0.15) is 0 Å². The van der Waals surface area contributed by atoms with E-state index < -0.39 is 10.2 Å². The average Bonchev–Trinajstić information content (AvgIpc) is 0.722. The van der Waals surface area contributed by atoms with E-state index in [1.54, 1.807) is 0 Å². The van der Waals surface area contributed by atoms with Crippen molar-refractivity contribution < 1.29 is 106 Å². The molecule has 0 saturated carbocycles. The van der Waals surface area contributed by atoms with Crippen LogP contribution in [0, 0.1) is 10.2 Å². The Hall–Kier alpha value is 2.65. The van der Waals surface area contributed by atoms with Crippen molar-refractivity contribution in [3.05, 3.63) is 0 Å². The molecule has 0 spiro atoms. The zero-order valence-electron chi connectivity index (χ0n) is 3.51. The number of hydrogen-bond acceptors (Lipinski definition) is 4. The normalized spacial score (nSPS) is 8.57. The molecule has 0 radical (unpaired) electrons. The van der Waals surface area contributed by atoms with Gasteiger partial charge in [-0.1, -0.05) is 0 Å². The van der Waals surface area contributed by atoms with Crippen molar-refractivity contribution in [2.45, 2.75) is 0 Å². The first kappa shape index (κ1) is 16.3. The molecule has 4 nitrogen and oxygen atoms in total. The minimum atomic E-state index is -4.94. The van der Waals surface area contributed by atoms with Crippen LogP contribution in [0.4, 0.5) is 0 Å². The molecule has 0 N–H and O–H groups in total. The van der Waals surface area contributed by atoms with E-state index in [4.69, 9.17) is 18.6 Å². The van der Waals surface area contributed by atoms with Gasteiger partial charge in [-0.05, 0) is 0 Å². The molecule has 0 bridgehead atoms. The summed E-state index contributed by atoms with van der Waals surface area (Å²) in [5.41, 5.74) is 0. The third-order valence-electron chi connectivity index (χ3n) is 0. The molecule has 0 aliphatic carbocycles. The maximum Gasteiger partial charge on any atom is 2.00 e. The molecule has 7 heteroatoms. The zero-order chi connectivity index (χ0) is 4.50. The van der Waals surface area contributed by atoms with Crippen LogP contribution < -0.4 is 70.0 Å². The number of hydrogen-bond donors (Lipinski definition) is 0. The SMILES string of the molecule is [K+].[O-][Cl+3]([O-])([O-])[O-].[Zr+2]. The molecule has 0 heterocycles. The van der Waals surface area contributed by atoms with E-state index in [0.717, 1.165) is 0 Å². The van der Waals surface area contributed by atoms with Gasteiger partial charge in [-0.2, -0.15) is 0 Å². The van der Waals surface area contributed by atoms with E-state index in [0.29, 0.717) is 0 Å². The van der Waals surface area contributed by atoms with Gasteiger partial charge in [0, 0.05) is 0 Å². The van der Waals surface area contributed by atoms with Crippen LogP contribution in [0.25, 0.3) is 0 Å². The molecular formula is ClKO4Zr+2. The van der Waals surface area contributed by atoms with E-state index in [1.165, 1.54) is 0 Å². The standard InChI is InChI=1S/ClHO4.K.Zr/c2-1(3,4)5;;/h(H,2,3,4,5);;/q;+1;+2/p-1. The molecule has 0 aliphatic heterocycles. The average molecular weight is 230 g/mol. The van der Waals surface area contributed by atoms with E-state index in [9.17, 15) is 0 Å². The van der Waals surface area contributed by atoms with Gasteiger partial charge < -0.3 is 0 Å². The molecule has 0 aliphatic rings. The van der Waals surface area contributed by atoms with Crippen molar-refractivity contribution in [3.8, 4) is 0 Å². The Kier molecular flexibility index (Phi) is 15.8. The van der Waals surface area contributed by atoms with E-state index in [1.807, 2.05) is 0 Å². The topological polar surface area (TPSA) is 92.2 Å². The molecule has 0 aromatic rings. The Balaban J connectivity index is -0.0000000800. The van der Waals surface area contributed by atoms with Crippen LogP contribution in [0.15, 0.2) is 0 Å². The molecular weight excluding hydrogens is 230 g/mol. The van der Waals surface area contributed by atoms with Gasteiger partial charge in [-0.15, -0.1) is 10.2 Å². The monoisotopic (exact) mass is 228 g/mol. The van der Waals surface area contributed by atoms with Crippen LogP contribution in [0.2, 0.25) is 0 Å². The fourth-order valence-electron chi connectivity index (χ4n) is 0. The maximum absolute atomic E-state index is 8.49.